The van der Waals surface area contributed by atoms with Crippen LogP contribution in [0.2, 0.25) is 0 Å². The second-order valence-corrected chi connectivity index (χ2v) is 8.80. The van der Waals surface area contributed by atoms with Crippen molar-refractivity contribution in [3.8, 4) is 0 Å². The van der Waals surface area contributed by atoms with Gasteiger partial charge in [-0.2, -0.15) is 0 Å². The Hall–Kier alpha value is -0.220. The molecular formula is C16H25NOS2. The Balaban J connectivity index is 1.50. The minimum Gasteiger partial charge on any atom is -0.259 e. The zero-order valence-corrected chi connectivity index (χ0v) is 13.8. The highest BCUT2D eigenvalue weighted by Crippen LogP contribution is 2.35. The van der Waals surface area contributed by atoms with E-state index in [2.05, 4.69) is 5.38 Å². The summed E-state index contributed by atoms with van der Waals surface area (Å²) in [5.74, 6) is 2.98. The van der Waals surface area contributed by atoms with Gasteiger partial charge < -0.3 is 0 Å². The van der Waals surface area contributed by atoms with Gasteiger partial charge in [-0.05, 0) is 31.6 Å². The standard InChI is InChI=1S/C16H25NOS2/c18-20(11-13-6-2-1-3-7-13)12-15-10-19-16(17-15)14-8-4-5-9-14/h10,13-14H,1-9,11-12H2. The van der Waals surface area contributed by atoms with E-state index in [1.165, 1.54) is 62.8 Å². The van der Waals surface area contributed by atoms with E-state index in [1.54, 1.807) is 11.3 Å². The van der Waals surface area contributed by atoms with E-state index in [0.717, 1.165) is 11.4 Å². The lowest BCUT2D eigenvalue weighted by Crippen LogP contribution is -2.15. The molecular weight excluding hydrogens is 286 g/mol. The summed E-state index contributed by atoms with van der Waals surface area (Å²) < 4.78 is 12.3. The van der Waals surface area contributed by atoms with E-state index < -0.39 is 10.8 Å². The van der Waals surface area contributed by atoms with Crippen LogP contribution in [0.1, 0.15) is 74.4 Å². The van der Waals surface area contributed by atoms with E-state index in [-0.39, 0.29) is 0 Å². The first kappa shape index (κ1) is 14.7. The second kappa shape index (κ2) is 7.17. The summed E-state index contributed by atoms with van der Waals surface area (Å²) in [5.41, 5.74) is 1.08. The van der Waals surface area contributed by atoms with Crippen LogP contribution in [0.4, 0.5) is 0 Å². The average molecular weight is 312 g/mol. The number of aromatic nitrogens is 1. The van der Waals surface area contributed by atoms with Gasteiger partial charge in [0, 0.05) is 27.9 Å². The highest BCUT2D eigenvalue weighted by atomic mass is 32.2. The Morgan fingerprint density at radius 1 is 1.10 bits per heavy atom. The van der Waals surface area contributed by atoms with E-state index in [0.29, 0.717) is 17.6 Å². The van der Waals surface area contributed by atoms with E-state index >= 15 is 0 Å². The highest BCUT2D eigenvalue weighted by molar-refractivity contribution is 7.84. The summed E-state index contributed by atoms with van der Waals surface area (Å²) in [6.07, 6.45) is 11.9. The first-order valence-corrected chi connectivity index (χ1v) is 10.5. The fourth-order valence-corrected chi connectivity index (χ4v) is 6.14. The monoisotopic (exact) mass is 311 g/mol. The zero-order valence-electron chi connectivity index (χ0n) is 12.2. The molecule has 0 aromatic carbocycles. The first-order chi connectivity index (χ1) is 9.81. The van der Waals surface area contributed by atoms with Gasteiger partial charge in [0.1, 0.15) is 0 Å². The van der Waals surface area contributed by atoms with Crippen LogP contribution in [0.3, 0.4) is 0 Å². The van der Waals surface area contributed by atoms with Gasteiger partial charge in [-0.1, -0.05) is 32.1 Å². The largest absolute Gasteiger partial charge is 0.259 e. The molecule has 4 heteroatoms. The molecule has 112 valence electrons. The molecule has 2 fully saturated rings. The van der Waals surface area contributed by atoms with E-state index in [4.69, 9.17) is 4.98 Å². The minimum absolute atomic E-state index is 0.680. The molecule has 0 saturated heterocycles. The molecule has 0 N–H and O–H groups in total. The molecule has 0 amide bonds. The molecule has 1 unspecified atom stereocenters. The molecule has 3 rings (SSSR count). The average Bonchev–Trinajstić information content (AvgIpc) is 3.10. The lowest BCUT2D eigenvalue weighted by atomic mass is 9.91. The van der Waals surface area contributed by atoms with Crippen molar-refractivity contribution in [1.29, 1.82) is 0 Å². The molecule has 2 nitrogen and oxygen atoms in total. The van der Waals surface area contributed by atoms with Gasteiger partial charge in [0.05, 0.1) is 16.5 Å². The van der Waals surface area contributed by atoms with Crippen molar-refractivity contribution in [1.82, 2.24) is 4.98 Å². The Kier molecular flexibility index (Phi) is 5.27. The molecule has 2 aliphatic rings. The third-order valence-electron chi connectivity index (χ3n) is 4.73. The number of hydrogen-bond acceptors (Lipinski definition) is 3. The number of hydrogen-bond donors (Lipinski definition) is 0. The van der Waals surface area contributed by atoms with Crippen LogP contribution in [0.25, 0.3) is 0 Å². The van der Waals surface area contributed by atoms with Crippen molar-refractivity contribution in [2.75, 3.05) is 5.75 Å². The summed E-state index contributed by atoms with van der Waals surface area (Å²) >= 11 is 1.79. The number of rotatable bonds is 5. The van der Waals surface area contributed by atoms with Crippen molar-refractivity contribution in [3.05, 3.63) is 16.1 Å². The predicted molar refractivity (Wildman–Crippen MR) is 86.6 cm³/mol. The molecule has 1 heterocycles. The lowest BCUT2D eigenvalue weighted by Gasteiger charge is -2.20. The molecule has 0 bridgehead atoms. The molecule has 1 aromatic heterocycles. The molecule has 0 aliphatic heterocycles. The molecule has 2 saturated carbocycles. The van der Waals surface area contributed by atoms with Crippen molar-refractivity contribution < 1.29 is 4.21 Å². The third-order valence-corrected chi connectivity index (χ3v) is 7.25. The molecule has 0 radical (unpaired) electrons. The van der Waals surface area contributed by atoms with Gasteiger partial charge in [0.25, 0.3) is 0 Å². The van der Waals surface area contributed by atoms with Crippen molar-refractivity contribution in [2.45, 2.75) is 69.5 Å². The van der Waals surface area contributed by atoms with Crippen LogP contribution in [-0.4, -0.2) is 14.9 Å². The Morgan fingerprint density at radius 2 is 1.80 bits per heavy atom. The fraction of sp³-hybridized carbons (Fsp3) is 0.812. The van der Waals surface area contributed by atoms with Gasteiger partial charge in [0.15, 0.2) is 0 Å². The van der Waals surface area contributed by atoms with Crippen LogP contribution in [0.15, 0.2) is 5.38 Å². The first-order valence-electron chi connectivity index (χ1n) is 8.10. The van der Waals surface area contributed by atoms with Gasteiger partial charge in [-0.3, -0.25) is 4.21 Å². The number of thiazole rings is 1. The summed E-state index contributed by atoms with van der Waals surface area (Å²) in [7, 11) is -0.713. The van der Waals surface area contributed by atoms with Crippen LogP contribution in [0, 0.1) is 5.92 Å². The van der Waals surface area contributed by atoms with Crippen molar-refractivity contribution in [2.24, 2.45) is 5.92 Å². The van der Waals surface area contributed by atoms with E-state index in [1.807, 2.05) is 0 Å². The summed E-state index contributed by atoms with van der Waals surface area (Å²) in [6, 6.07) is 0. The van der Waals surface area contributed by atoms with Gasteiger partial charge in [-0.25, -0.2) is 4.98 Å². The Labute approximate surface area is 128 Å². The quantitative estimate of drug-likeness (QED) is 0.793. The SMILES string of the molecule is O=S(Cc1csc(C2CCCC2)n1)CC1CCCCC1. The summed E-state index contributed by atoms with van der Waals surface area (Å²) in [6.45, 7) is 0. The van der Waals surface area contributed by atoms with Crippen molar-refractivity contribution >= 4 is 22.1 Å². The predicted octanol–water partition coefficient (Wildman–Crippen LogP) is 4.63. The topological polar surface area (TPSA) is 30.0 Å². The van der Waals surface area contributed by atoms with E-state index in [9.17, 15) is 4.21 Å². The maximum absolute atomic E-state index is 12.3. The van der Waals surface area contributed by atoms with Crippen LogP contribution >= 0.6 is 11.3 Å². The van der Waals surface area contributed by atoms with Crippen LogP contribution in [0.5, 0.6) is 0 Å². The molecule has 1 aromatic rings. The van der Waals surface area contributed by atoms with Gasteiger partial charge >= 0.3 is 0 Å². The molecule has 1 atom stereocenters. The van der Waals surface area contributed by atoms with Gasteiger partial charge in [0.2, 0.25) is 0 Å². The molecule has 0 spiro atoms. The Morgan fingerprint density at radius 3 is 2.55 bits per heavy atom. The zero-order chi connectivity index (χ0) is 13.8. The normalized spacial score (nSPS) is 23.2. The van der Waals surface area contributed by atoms with Crippen molar-refractivity contribution in [3.63, 3.8) is 0 Å². The maximum Gasteiger partial charge on any atom is 0.0959 e. The molecule has 2 aliphatic carbocycles. The maximum atomic E-state index is 12.3. The van der Waals surface area contributed by atoms with Gasteiger partial charge in [-0.15, -0.1) is 11.3 Å². The third kappa shape index (κ3) is 3.91. The Bertz CT molecular complexity index is 445. The minimum atomic E-state index is -0.713. The highest BCUT2D eigenvalue weighted by Gasteiger charge is 2.21. The second-order valence-electron chi connectivity index (χ2n) is 6.41. The van der Waals surface area contributed by atoms with Crippen LogP contribution in [-0.2, 0) is 16.6 Å². The summed E-state index contributed by atoms with van der Waals surface area (Å²) in [5, 5.41) is 3.44. The smallest absolute Gasteiger partial charge is 0.0959 e. The summed E-state index contributed by atoms with van der Waals surface area (Å²) in [4.78, 5) is 4.75. The fourth-order valence-electron chi connectivity index (χ4n) is 3.59. The van der Waals surface area contributed by atoms with Crippen LogP contribution < -0.4 is 0 Å². The lowest BCUT2D eigenvalue weighted by molar-refractivity contribution is 0.388. The molecule has 20 heavy (non-hydrogen) atoms. The number of nitrogens with zero attached hydrogens (tertiary/aromatic N) is 1.